The molecule has 7 heteroatoms. The van der Waals surface area contributed by atoms with Gasteiger partial charge in [0.25, 0.3) is 0 Å². The number of methoxy groups -OCH3 is 1. The lowest BCUT2D eigenvalue weighted by Crippen LogP contribution is -2.68. The van der Waals surface area contributed by atoms with Gasteiger partial charge < -0.3 is 4.74 Å². The maximum Gasteiger partial charge on any atom is 0.243 e. The van der Waals surface area contributed by atoms with Gasteiger partial charge in [0.15, 0.2) is 0 Å². The zero-order valence-corrected chi connectivity index (χ0v) is 23.5. The zero-order valence-electron chi connectivity index (χ0n) is 22.7. The van der Waals surface area contributed by atoms with Crippen LogP contribution in [0.3, 0.4) is 0 Å². The molecule has 0 aromatic heterocycles. The van der Waals surface area contributed by atoms with E-state index in [-0.39, 0.29) is 23.8 Å². The van der Waals surface area contributed by atoms with Crippen LogP contribution in [0, 0.1) is 26.6 Å². The van der Waals surface area contributed by atoms with Crippen molar-refractivity contribution in [2.45, 2.75) is 56.5 Å². The first-order valence-corrected chi connectivity index (χ1v) is 14.8. The molecule has 0 radical (unpaired) electrons. The SMILES string of the molecule is COC[C@@H]1C(c2ccc(-c3ccc(F)c(C)c3C)cc2)[C@@H]2CN(S(=O)(=O)c3ccccc3C)CCCCN12. The van der Waals surface area contributed by atoms with Crippen molar-refractivity contribution in [2.75, 3.05) is 33.4 Å². The Hall–Kier alpha value is -2.58. The lowest BCUT2D eigenvalue weighted by molar-refractivity contribution is -0.0635. The number of ether oxygens (including phenoxy) is 1. The molecule has 202 valence electrons. The third-order valence-corrected chi connectivity index (χ3v) is 10.5. The number of benzene rings is 3. The normalized spacial score (nSPS) is 22.8. The molecule has 0 aliphatic carbocycles. The second-order valence-electron chi connectivity index (χ2n) is 10.7. The highest BCUT2D eigenvalue weighted by Gasteiger charge is 2.50. The van der Waals surface area contributed by atoms with Gasteiger partial charge in [-0.25, -0.2) is 12.8 Å². The summed E-state index contributed by atoms with van der Waals surface area (Å²) in [5, 5.41) is 0. The molecule has 38 heavy (non-hydrogen) atoms. The molecule has 2 aliphatic rings. The van der Waals surface area contributed by atoms with E-state index in [1.807, 2.05) is 39.0 Å². The largest absolute Gasteiger partial charge is 0.383 e. The van der Waals surface area contributed by atoms with Crippen molar-refractivity contribution in [2.24, 2.45) is 0 Å². The van der Waals surface area contributed by atoms with Crippen molar-refractivity contribution < 1.29 is 17.5 Å². The van der Waals surface area contributed by atoms with Gasteiger partial charge in [0.05, 0.1) is 11.5 Å². The molecule has 5 rings (SSSR count). The van der Waals surface area contributed by atoms with E-state index in [4.69, 9.17) is 4.74 Å². The van der Waals surface area contributed by atoms with E-state index in [0.29, 0.717) is 30.2 Å². The zero-order chi connectivity index (χ0) is 27.0. The topological polar surface area (TPSA) is 49.9 Å². The second kappa shape index (κ2) is 10.9. The number of hydrogen-bond donors (Lipinski definition) is 0. The maximum absolute atomic E-state index is 14.0. The molecule has 0 N–H and O–H groups in total. The minimum atomic E-state index is -3.60. The van der Waals surface area contributed by atoms with Crippen LogP contribution >= 0.6 is 0 Å². The summed E-state index contributed by atoms with van der Waals surface area (Å²) in [4.78, 5) is 2.83. The monoisotopic (exact) mass is 536 g/mol. The van der Waals surface area contributed by atoms with E-state index in [1.54, 1.807) is 23.5 Å². The van der Waals surface area contributed by atoms with E-state index in [1.165, 1.54) is 11.6 Å². The summed E-state index contributed by atoms with van der Waals surface area (Å²) in [5.74, 6) is -0.0259. The summed E-state index contributed by atoms with van der Waals surface area (Å²) in [7, 11) is -1.87. The molecule has 2 fully saturated rings. The first kappa shape index (κ1) is 27.0. The van der Waals surface area contributed by atoms with Gasteiger partial charge in [-0.15, -0.1) is 0 Å². The van der Waals surface area contributed by atoms with Crippen LogP contribution in [0.5, 0.6) is 0 Å². The summed E-state index contributed by atoms with van der Waals surface area (Å²) in [5.41, 5.74) is 5.65. The molecule has 2 saturated heterocycles. The van der Waals surface area contributed by atoms with Crippen molar-refractivity contribution >= 4 is 10.0 Å². The van der Waals surface area contributed by atoms with Crippen LogP contribution in [-0.4, -0.2) is 63.1 Å². The Kier molecular flexibility index (Phi) is 7.74. The summed E-state index contributed by atoms with van der Waals surface area (Å²) in [6, 6.07) is 19.4. The van der Waals surface area contributed by atoms with Gasteiger partial charge in [-0.1, -0.05) is 48.5 Å². The smallest absolute Gasteiger partial charge is 0.243 e. The van der Waals surface area contributed by atoms with Crippen molar-refractivity contribution in [1.82, 2.24) is 9.21 Å². The van der Waals surface area contributed by atoms with Crippen LogP contribution in [0.15, 0.2) is 65.6 Å². The Morgan fingerprint density at radius 3 is 2.34 bits per heavy atom. The molecule has 0 amide bonds. The van der Waals surface area contributed by atoms with Gasteiger partial charge >= 0.3 is 0 Å². The molecule has 0 saturated carbocycles. The Balaban J connectivity index is 1.46. The number of rotatable bonds is 6. The van der Waals surface area contributed by atoms with Crippen molar-refractivity contribution in [3.8, 4) is 11.1 Å². The Labute approximate surface area is 226 Å². The molecule has 3 aromatic carbocycles. The molecule has 0 bridgehead atoms. The van der Waals surface area contributed by atoms with Crippen molar-refractivity contribution in [3.63, 3.8) is 0 Å². The Morgan fingerprint density at radius 2 is 1.63 bits per heavy atom. The highest BCUT2D eigenvalue weighted by atomic mass is 32.2. The fourth-order valence-electron chi connectivity index (χ4n) is 6.25. The highest BCUT2D eigenvalue weighted by Crippen LogP contribution is 2.43. The van der Waals surface area contributed by atoms with Crippen LogP contribution in [0.1, 0.15) is 41.0 Å². The van der Waals surface area contributed by atoms with E-state index in [9.17, 15) is 12.8 Å². The van der Waals surface area contributed by atoms with Crippen LogP contribution in [0.4, 0.5) is 4.39 Å². The summed E-state index contributed by atoms with van der Waals surface area (Å²) in [6.45, 7) is 8.16. The predicted octanol–water partition coefficient (Wildman–Crippen LogP) is 5.69. The number of halogens is 1. The lowest BCUT2D eigenvalue weighted by Gasteiger charge is -2.57. The molecule has 0 spiro atoms. The highest BCUT2D eigenvalue weighted by molar-refractivity contribution is 7.89. The van der Waals surface area contributed by atoms with Gasteiger partial charge in [-0.05, 0) is 85.7 Å². The van der Waals surface area contributed by atoms with Gasteiger partial charge in [0, 0.05) is 38.2 Å². The average Bonchev–Trinajstić information content (AvgIpc) is 2.89. The van der Waals surface area contributed by atoms with Crippen LogP contribution in [-0.2, 0) is 14.8 Å². The standard InChI is InChI=1S/C31H37FN2O3S/c1-21-9-5-6-10-30(21)38(35,36)33-17-7-8-18-34-28(19-33)31(29(34)20-37-4)25-13-11-24(12-14-25)26-15-16-27(32)23(3)22(26)2/h5-6,9-16,28-29,31H,7-8,17-20H2,1-4H3/t28-,29+,31?/m0/s1. The third-order valence-electron chi connectivity index (χ3n) is 8.52. The van der Waals surface area contributed by atoms with E-state index >= 15 is 0 Å². The Morgan fingerprint density at radius 1 is 0.921 bits per heavy atom. The number of aryl methyl sites for hydroxylation is 1. The van der Waals surface area contributed by atoms with Gasteiger partial charge in [0.2, 0.25) is 10.0 Å². The molecule has 2 aliphatic heterocycles. The van der Waals surface area contributed by atoms with E-state index in [2.05, 4.69) is 29.2 Å². The number of nitrogens with zero attached hydrogens (tertiary/aromatic N) is 2. The minimum absolute atomic E-state index is 0.0786. The van der Waals surface area contributed by atoms with E-state index in [0.717, 1.165) is 41.6 Å². The van der Waals surface area contributed by atoms with Gasteiger partial charge in [-0.2, -0.15) is 4.31 Å². The molecule has 3 atom stereocenters. The second-order valence-corrected chi connectivity index (χ2v) is 12.6. The van der Waals surface area contributed by atoms with Gasteiger partial charge in [0.1, 0.15) is 5.82 Å². The summed E-state index contributed by atoms with van der Waals surface area (Å²) in [6.07, 6.45) is 1.79. The number of hydrogen-bond acceptors (Lipinski definition) is 4. The molecule has 5 nitrogen and oxygen atoms in total. The van der Waals surface area contributed by atoms with Crippen LogP contribution < -0.4 is 0 Å². The number of fused-ring (bicyclic) bond motifs is 1. The Bertz CT molecular complexity index is 1410. The third kappa shape index (κ3) is 4.81. The maximum atomic E-state index is 14.0. The lowest BCUT2D eigenvalue weighted by atomic mass is 9.74. The molecule has 2 heterocycles. The minimum Gasteiger partial charge on any atom is -0.383 e. The fraction of sp³-hybridized carbons (Fsp3) is 0.419. The fourth-order valence-corrected chi connectivity index (χ4v) is 7.97. The molecular formula is C31H37FN2O3S. The summed E-state index contributed by atoms with van der Waals surface area (Å²) < 4.78 is 48.8. The van der Waals surface area contributed by atoms with Crippen molar-refractivity contribution in [1.29, 1.82) is 0 Å². The first-order valence-electron chi connectivity index (χ1n) is 13.4. The number of sulfonamides is 1. The van der Waals surface area contributed by atoms with Crippen LogP contribution in [0.2, 0.25) is 0 Å². The molecule has 3 aromatic rings. The average molecular weight is 537 g/mol. The first-order chi connectivity index (χ1) is 18.2. The van der Waals surface area contributed by atoms with Crippen LogP contribution in [0.25, 0.3) is 11.1 Å². The molecular weight excluding hydrogens is 499 g/mol. The van der Waals surface area contributed by atoms with Gasteiger partial charge in [-0.3, -0.25) is 4.90 Å². The van der Waals surface area contributed by atoms with Crippen molar-refractivity contribution in [3.05, 3.63) is 88.7 Å². The molecule has 1 unspecified atom stereocenters. The quantitative estimate of drug-likeness (QED) is 0.407. The predicted molar refractivity (Wildman–Crippen MR) is 149 cm³/mol. The van der Waals surface area contributed by atoms with E-state index < -0.39 is 10.0 Å². The summed E-state index contributed by atoms with van der Waals surface area (Å²) >= 11 is 0.